The molecular formula is C17H19N7. The van der Waals surface area contributed by atoms with Crippen LogP contribution in [0.25, 0.3) is 22.7 Å². The fourth-order valence-corrected chi connectivity index (χ4v) is 3.07. The lowest BCUT2D eigenvalue weighted by molar-refractivity contribution is 0.483. The summed E-state index contributed by atoms with van der Waals surface area (Å²) in [5, 5.41) is 4.45. The van der Waals surface area contributed by atoms with E-state index in [0.717, 1.165) is 35.6 Å². The molecule has 0 fully saturated rings. The van der Waals surface area contributed by atoms with Crippen LogP contribution in [-0.2, 0) is 20.0 Å². The maximum atomic E-state index is 4.46. The van der Waals surface area contributed by atoms with Crippen LogP contribution in [0.2, 0.25) is 0 Å². The molecule has 0 aliphatic rings. The van der Waals surface area contributed by atoms with Crippen LogP contribution in [0.15, 0.2) is 43.2 Å². The van der Waals surface area contributed by atoms with Crippen molar-refractivity contribution in [1.82, 2.24) is 34.3 Å². The zero-order valence-electron chi connectivity index (χ0n) is 13.7. The van der Waals surface area contributed by atoms with E-state index in [2.05, 4.69) is 42.6 Å². The lowest BCUT2D eigenvalue weighted by Gasteiger charge is -2.14. The van der Waals surface area contributed by atoms with Gasteiger partial charge in [-0.05, 0) is 30.0 Å². The van der Waals surface area contributed by atoms with Crippen LogP contribution in [0.5, 0.6) is 0 Å². The molecule has 0 saturated heterocycles. The van der Waals surface area contributed by atoms with Gasteiger partial charge >= 0.3 is 0 Å². The average molecular weight is 321 g/mol. The molecule has 0 spiro atoms. The third-order valence-corrected chi connectivity index (χ3v) is 4.15. The zero-order chi connectivity index (χ0) is 16.5. The molecule has 1 atom stereocenters. The first kappa shape index (κ1) is 14.6. The highest BCUT2D eigenvalue weighted by atomic mass is 15.3. The first-order chi connectivity index (χ1) is 11.7. The first-order valence-corrected chi connectivity index (χ1v) is 7.99. The van der Waals surface area contributed by atoms with Crippen LogP contribution in [0, 0.1) is 5.92 Å². The van der Waals surface area contributed by atoms with Gasteiger partial charge in [-0.25, -0.2) is 15.0 Å². The molecule has 0 radical (unpaired) electrons. The van der Waals surface area contributed by atoms with Crippen molar-refractivity contribution >= 4 is 11.2 Å². The van der Waals surface area contributed by atoms with Crippen molar-refractivity contribution in [2.75, 3.05) is 0 Å². The highest BCUT2D eigenvalue weighted by Crippen LogP contribution is 2.20. The van der Waals surface area contributed by atoms with Gasteiger partial charge in [0.25, 0.3) is 0 Å². The van der Waals surface area contributed by atoms with Crippen LogP contribution >= 0.6 is 0 Å². The lowest BCUT2D eigenvalue weighted by atomic mass is 10.0. The molecule has 0 aromatic carbocycles. The third-order valence-electron chi connectivity index (χ3n) is 4.15. The van der Waals surface area contributed by atoms with E-state index in [1.807, 2.05) is 37.9 Å². The molecule has 0 amide bonds. The fourth-order valence-electron chi connectivity index (χ4n) is 3.07. The van der Waals surface area contributed by atoms with Gasteiger partial charge < -0.3 is 9.55 Å². The number of aryl methyl sites for hydroxylation is 1. The van der Waals surface area contributed by atoms with Crippen LogP contribution < -0.4 is 0 Å². The Kier molecular flexibility index (Phi) is 3.60. The van der Waals surface area contributed by atoms with Gasteiger partial charge in [-0.2, -0.15) is 5.10 Å². The predicted molar refractivity (Wildman–Crippen MR) is 91.2 cm³/mol. The van der Waals surface area contributed by atoms with Crippen LogP contribution in [-0.4, -0.2) is 34.3 Å². The number of nitrogens with one attached hydrogen (secondary N) is 1. The summed E-state index contributed by atoms with van der Waals surface area (Å²) in [5.74, 6) is 1.35. The molecule has 1 unspecified atom stereocenters. The monoisotopic (exact) mass is 321 g/mol. The van der Waals surface area contributed by atoms with Gasteiger partial charge in [-0.1, -0.05) is 6.92 Å². The molecule has 4 heterocycles. The normalized spacial score (nSPS) is 12.8. The predicted octanol–water partition coefficient (Wildman–Crippen LogP) is 2.43. The number of rotatable bonds is 5. The lowest BCUT2D eigenvalue weighted by Crippen LogP contribution is -2.11. The summed E-state index contributed by atoms with van der Waals surface area (Å²) in [5.41, 5.74) is 3.94. The van der Waals surface area contributed by atoms with Gasteiger partial charge in [0.1, 0.15) is 5.69 Å². The Morgan fingerprint density at radius 3 is 2.88 bits per heavy atom. The Morgan fingerprint density at radius 2 is 2.04 bits per heavy atom. The van der Waals surface area contributed by atoms with E-state index < -0.39 is 0 Å². The van der Waals surface area contributed by atoms with E-state index in [0.29, 0.717) is 5.92 Å². The average Bonchev–Trinajstić information content (AvgIpc) is 3.27. The second-order valence-corrected chi connectivity index (χ2v) is 6.16. The molecule has 0 bridgehead atoms. The Morgan fingerprint density at radius 1 is 1.12 bits per heavy atom. The Bertz CT molecular complexity index is 962. The van der Waals surface area contributed by atoms with Crippen molar-refractivity contribution in [3.63, 3.8) is 0 Å². The number of fused-ring (bicyclic) bond motifs is 1. The van der Waals surface area contributed by atoms with E-state index in [9.17, 15) is 0 Å². The van der Waals surface area contributed by atoms with Crippen molar-refractivity contribution < 1.29 is 0 Å². The van der Waals surface area contributed by atoms with E-state index in [4.69, 9.17) is 0 Å². The fraction of sp³-hybridized carbons (Fsp3) is 0.294. The van der Waals surface area contributed by atoms with Gasteiger partial charge in [0.05, 0.1) is 11.8 Å². The Hall–Kier alpha value is -2.96. The van der Waals surface area contributed by atoms with Gasteiger partial charge in [-0.3, -0.25) is 4.68 Å². The molecule has 4 rings (SSSR count). The molecule has 7 nitrogen and oxygen atoms in total. The summed E-state index contributed by atoms with van der Waals surface area (Å²) in [4.78, 5) is 16.1. The molecule has 1 N–H and O–H groups in total. The molecule has 0 aliphatic carbocycles. The second kappa shape index (κ2) is 5.92. The number of aromatic nitrogens is 7. The number of hydrogen-bond acceptors (Lipinski definition) is 4. The van der Waals surface area contributed by atoms with Crippen molar-refractivity contribution in [1.29, 1.82) is 0 Å². The molecule has 0 aliphatic heterocycles. The van der Waals surface area contributed by atoms with Crippen LogP contribution in [0.1, 0.15) is 12.5 Å². The maximum absolute atomic E-state index is 4.46. The number of imidazole rings is 2. The zero-order valence-corrected chi connectivity index (χ0v) is 13.7. The minimum Gasteiger partial charge on any atom is -0.343 e. The van der Waals surface area contributed by atoms with Gasteiger partial charge in [-0.15, -0.1) is 0 Å². The molecule has 4 aromatic rings. The summed E-state index contributed by atoms with van der Waals surface area (Å²) in [6.07, 6.45) is 10.2. The standard InChI is InChI=1S/C17H19N7/c1-12(9-13-3-5-18-16-15(13)20-11-21-16)10-24-8-6-19-17(24)14-4-7-23(2)22-14/h3-8,11-12H,9-10H2,1-2H3,(H,18,20,21). The smallest absolute Gasteiger partial charge is 0.177 e. The minimum absolute atomic E-state index is 0.440. The molecule has 0 saturated carbocycles. The third kappa shape index (κ3) is 2.68. The molecular weight excluding hydrogens is 302 g/mol. The van der Waals surface area contributed by atoms with E-state index in [1.54, 1.807) is 11.0 Å². The van der Waals surface area contributed by atoms with Gasteiger partial charge in [0, 0.05) is 38.4 Å². The van der Waals surface area contributed by atoms with E-state index in [1.165, 1.54) is 5.56 Å². The van der Waals surface area contributed by atoms with Gasteiger partial charge in [0.15, 0.2) is 11.5 Å². The Balaban J connectivity index is 1.54. The summed E-state index contributed by atoms with van der Waals surface area (Å²) >= 11 is 0. The van der Waals surface area contributed by atoms with Crippen molar-refractivity contribution in [2.24, 2.45) is 13.0 Å². The van der Waals surface area contributed by atoms with E-state index in [-0.39, 0.29) is 0 Å². The summed E-state index contributed by atoms with van der Waals surface area (Å²) in [6, 6.07) is 4.05. The van der Waals surface area contributed by atoms with Crippen molar-refractivity contribution in [2.45, 2.75) is 19.9 Å². The minimum atomic E-state index is 0.440. The SMILES string of the molecule is CC(Cc1ccnc2nc[nH]c12)Cn1ccnc1-c1ccn(C)n1. The number of aromatic amines is 1. The molecule has 4 aromatic heterocycles. The largest absolute Gasteiger partial charge is 0.343 e. The molecule has 24 heavy (non-hydrogen) atoms. The first-order valence-electron chi connectivity index (χ1n) is 7.99. The number of H-pyrrole nitrogens is 1. The number of nitrogens with zero attached hydrogens (tertiary/aromatic N) is 6. The second-order valence-electron chi connectivity index (χ2n) is 6.16. The highest BCUT2D eigenvalue weighted by Gasteiger charge is 2.13. The summed E-state index contributed by atoms with van der Waals surface area (Å²) in [7, 11) is 1.92. The van der Waals surface area contributed by atoms with Gasteiger partial charge in [0.2, 0.25) is 0 Å². The van der Waals surface area contributed by atoms with Crippen LogP contribution in [0.3, 0.4) is 0 Å². The van der Waals surface area contributed by atoms with Crippen molar-refractivity contribution in [3.05, 3.63) is 48.8 Å². The summed E-state index contributed by atoms with van der Waals surface area (Å²) < 4.78 is 3.96. The number of hydrogen-bond donors (Lipinski definition) is 1. The quantitative estimate of drug-likeness (QED) is 0.612. The highest BCUT2D eigenvalue weighted by molar-refractivity contribution is 5.73. The maximum Gasteiger partial charge on any atom is 0.177 e. The van der Waals surface area contributed by atoms with Crippen LogP contribution in [0.4, 0.5) is 0 Å². The molecule has 7 heteroatoms. The Labute approximate surface area is 139 Å². The topological polar surface area (TPSA) is 77.2 Å². The van der Waals surface area contributed by atoms with E-state index >= 15 is 0 Å². The summed E-state index contributed by atoms with van der Waals surface area (Å²) in [6.45, 7) is 3.12. The molecule has 122 valence electrons. The number of pyridine rings is 1. The van der Waals surface area contributed by atoms with Crippen molar-refractivity contribution in [3.8, 4) is 11.5 Å².